The number of primary amides is 1. The Labute approximate surface area is 117 Å². The predicted octanol–water partition coefficient (Wildman–Crippen LogP) is 1.83. The topological polar surface area (TPSA) is 87.6 Å². The second kappa shape index (κ2) is 6.47. The molecule has 0 aliphatic heterocycles. The molecule has 5 heteroatoms. The first-order chi connectivity index (χ1) is 9.66. The van der Waals surface area contributed by atoms with E-state index in [4.69, 9.17) is 20.9 Å². The lowest BCUT2D eigenvalue weighted by Gasteiger charge is -2.10. The first kappa shape index (κ1) is 13.7. The molecular formula is C15H16N2O3. The highest BCUT2D eigenvalue weighted by Gasteiger charge is 2.05. The molecule has 5 nitrogen and oxygen atoms in total. The molecule has 0 bridgehead atoms. The maximum Gasteiger partial charge on any atom is 0.248 e. The Hall–Kier alpha value is -2.69. The van der Waals surface area contributed by atoms with Crippen molar-refractivity contribution in [3.63, 3.8) is 0 Å². The molecule has 1 amide bonds. The maximum absolute atomic E-state index is 11.0. The number of hydrogen-bond donors (Lipinski definition) is 2. The Morgan fingerprint density at radius 2 is 1.70 bits per heavy atom. The van der Waals surface area contributed by atoms with Crippen molar-refractivity contribution in [1.29, 1.82) is 0 Å². The summed E-state index contributed by atoms with van der Waals surface area (Å²) < 4.78 is 11.0. The van der Waals surface area contributed by atoms with Crippen LogP contribution in [0, 0.1) is 0 Å². The lowest BCUT2D eigenvalue weighted by Crippen LogP contribution is -2.13. The zero-order chi connectivity index (χ0) is 14.4. The fourth-order valence-corrected chi connectivity index (χ4v) is 1.66. The Bertz CT molecular complexity index is 585. The second-order valence-corrected chi connectivity index (χ2v) is 4.13. The average molecular weight is 272 g/mol. The van der Waals surface area contributed by atoms with Gasteiger partial charge in [-0.15, -0.1) is 0 Å². The lowest BCUT2D eigenvalue weighted by atomic mass is 10.2. The fourth-order valence-electron chi connectivity index (χ4n) is 1.66. The number of nitrogen functional groups attached to an aromatic ring is 1. The molecule has 0 aromatic heterocycles. The number of nitrogens with two attached hydrogens (primary N) is 2. The minimum absolute atomic E-state index is 0.356. The summed E-state index contributed by atoms with van der Waals surface area (Å²) in [5.41, 5.74) is 11.7. The van der Waals surface area contributed by atoms with Crippen LogP contribution in [-0.2, 0) is 0 Å². The van der Waals surface area contributed by atoms with Gasteiger partial charge in [-0.25, -0.2) is 0 Å². The van der Waals surface area contributed by atoms with Crippen LogP contribution in [0.15, 0.2) is 48.5 Å². The second-order valence-electron chi connectivity index (χ2n) is 4.13. The third-order valence-corrected chi connectivity index (χ3v) is 2.65. The van der Waals surface area contributed by atoms with Gasteiger partial charge in [0.1, 0.15) is 24.7 Å². The molecule has 0 unspecified atom stereocenters. The number of amides is 1. The van der Waals surface area contributed by atoms with Crippen LogP contribution in [0.1, 0.15) is 10.4 Å². The van der Waals surface area contributed by atoms with Gasteiger partial charge in [-0.3, -0.25) is 4.79 Å². The van der Waals surface area contributed by atoms with Gasteiger partial charge in [0, 0.05) is 5.56 Å². The van der Waals surface area contributed by atoms with E-state index in [9.17, 15) is 4.79 Å². The molecule has 2 aromatic carbocycles. The van der Waals surface area contributed by atoms with E-state index >= 15 is 0 Å². The molecular weight excluding hydrogens is 256 g/mol. The summed E-state index contributed by atoms with van der Waals surface area (Å²) in [6, 6.07) is 14.2. The minimum atomic E-state index is -0.518. The molecule has 0 aliphatic rings. The van der Waals surface area contributed by atoms with Crippen LogP contribution >= 0.6 is 0 Å². The molecule has 20 heavy (non-hydrogen) atoms. The maximum atomic E-state index is 11.0. The SMILES string of the molecule is NC(=O)c1ccc(OCCOc2ccccc2)c(N)c1. The molecule has 0 radical (unpaired) electrons. The molecule has 2 rings (SSSR count). The zero-order valence-corrected chi connectivity index (χ0v) is 10.9. The van der Waals surface area contributed by atoms with Crippen molar-refractivity contribution in [2.24, 2.45) is 5.73 Å². The van der Waals surface area contributed by atoms with Crippen molar-refractivity contribution in [2.45, 2.75) is 0 Å². The Kier molecular flexibility index (Phi) is 4.44. The molecule has 0 aliphatic carbocycles. The number of ether oxygens (including phenoxy) is 2. The van der Waals surface area contributed by atoms with Crippen LogP contribution in [0.25, 0.3) is 0 Å². The van der Waals surface area contributed by atoms with Gasteiger partial charge in [-0.2, -0.15) is 0 Å². The van der Waals surface area contributed by atoms with Gasteiger partial charge in [-0.05, 0) is 30.3 Å². The average Bonchev–Trinajstić information content (AvgIpc) is 2.46. The molecule has 104 valence electrons. The molecule has 4 N–H and O–H groups in total. The molecule has 0 atom stereocenters. The Morgan fingerprint density at radius 1 is 1.00 bits per heavy atom. The van der Waals surface area contributed by atoms with Gasteiger partial charge in [0.05, 0.1) is 5.69 Å². The predicted molar refractivity (Wildman–Crippen MR) is 76.8 cm³/mol. The highest BCUT2D eigenvalue weighted by Crippen LogP contribution is 2.22. The Balaban J connectivity index is 1.84. The van der Waals surface area contributed by atoms with E-state index in [2.05, 4.69) is 0 Å². The number of hydrogen-bond acceptors (Lipinski definition) is 4. The van der Waals surface area contributed by atoms with E-state index < -0.39 is 5.91 Å². The summed E-state index contributed by atoms with van der Waals surface area (Å²) in [4.78, 5) is 11.0. The molecule has 0 fully saturated rings. The van der Waals surface area contributed by atoms with Gasteiger partial charge >= 0.3 is 0 Å². The summed E-state index contributed by atoms with van der Waals surface area (Å²) in [5.74, 6) is 0.774. The summed E-state index contributed by atoms with van der Waals surface area (Å²) in [6.45, 7) is 0.760. The van der Waals surface area contributed by atoms with E-state index in [1.807, 2.05) is 30.3 Å². The van der Waals surface area contributed by atoms with Crippen molar-refractivity contribution in [1.82, 2.24) is 0 Å². The number of carbonyl (C=O) groups excluding carboxylic acids is 1. The van der Waals surface area contributed by atoms with Crippen molar-refractivity contribution in [3.05, 3.63) is 54.1 Å². The number of anilines is 1. The van der Waals surface area contributed by atoms with Gasteiger partial charge in [0.25, 0.3) is 0 Å². The van der Waals surface area contributed by atoms with E-state index in [1.54, 1.807) is 12.1 Å². The first-order valence-corrected chi connectivity index (χ1v) is 6.17. The fraction of sp³-hybridized carbons (Fsp3) is 0.133. The largest absolute Gasteiger partial charge is 0.490 e. The Morgan fingerprint density at radius 3 is 2.35 bits per heavy atom. The van der Waals surface area contributed by atoms with Crippen molar-refractivity contribution in [2.75, 3.05) is 18.9 Å². The third kappa shape index (κ3) is 3.65. The number of rotatable bonds is 6. The van der Waals surface area contributed by atoms with Crippen molar-refractivity contribution >= 4 is 11.6 Å². The van der Waals surface area contributed by atoms with Crippen LogP contribution in [0.5, 0.6) is 11.5 Å². The van der Waals surface area contributed by atoms with Crippen LogP contribution < -0.4 is 20.9 Å². The standard InChI is InChI=1S/C15H16N2O3/c16-13-10-11(15(17)18)6-7-14(13)20-9-8-19-12-4-2-1-3-5-12/h1-7,10H,8-9,16H2,(H2,17,18). The van der Waals surface area contributed by atoms with Crippen molar-refractivity contribution < 1.29 is 14.3 Å². The minimum Gasteiger partial charge on any atom is -0.490 e. The summed E-state index contributed by atoms with van der Waals surface area (Å²) in [6.07, 6.45) is 0. The van der Waals surface area contributed by atoms with E-state index in [0.29, 0.717) is 30.2 Å². The quantitative estimate of drug-likeness (QED) is 0.620. The molecule has 0 spiro atoms. The number of benzene rings is 2. The number of para-hydroxylation sites is 1. The van der Waals surface area contributed by atoms with E-state index in [-0.39, 0.29) is 0 Å². The third-order valence-electron chi connectivity index (χ3n) is 2.65. The first-order valence-electron chi connectivity index (χ1n) is 6.17. The van der Waals surface area contributed by atoms with Crippen LogP contribution in [-0.4, -0.2) is 19.1 Å². The number of carbonyl (C=O) groups is 1. The van der Waals surface area contributed by atoms with Crippen LogP contribution in [0.3, 0.4) is 0 Å². The molecule has 0 heterocycles. The molecule has 2 aromatic rings. The lowest BCUT2D eigenvalue weighted by molar-refractivity contribution is 0.100. The van der Waals surface area contributed by atoms with E-state index in [1.165, 1.54) is 6.07 Å². The normalized spacial score (nSPS) is 10.0. The van der Waals surface area contributed by atoms with Gasteiger partial charge in [0.15, 0.2) is 0 Å². The highest BCUT2D eigenvalue weighted by molar-refractivity contribution is 5.94. The highest BCUT2D eigenvalue weighted by atomic mass is 16.5. The van der Waals surface area contributed by atoms with Gasteiger partial charge < -0.3 is 20.9 Å². The zero-order valence-electron chi connectivity index (χ0n) is 10.9. The summed E-state index contributed by atoms with van der Waals surface area (Å²) in [5, 5.41) is 0. The van der Waals surface area contributed by atoms with Crippen molar-refractivity contribution in [3.8, 4) is 11.5 Å². The monoisotopic (exact) mass is 272 g/mol. The van der Waals surface area contributed by atoms with Crippen LogP contribution in [0.4, 0.5) is 5.69 Å². The van der Waals surface area contributed by atoms with Gasteiger partial charge in [0.2, 0.25) is 5.91 Å². The van der Waals surface area contributed by atoms with Gasteiger partial charge in [-0.1, -0.05) is 18.2 Å². The molecule has 0 saturated heterocycles. The summed E-state index contributed by atoms with van der Waals surface area (Å²) >= 11 is 0. The van der Waals surface area contributed by atoms with E-state index in [0.717, 1.165) is 5.75 Å². The van der Waals surface area contributed by atoms with Crippen LogP contribution in [0.2, 0.25) is 0 Å². The smallest absolute Gasteiger partial charge is 0.248 e. The summed E-state index contributed by atoms with van der Waals surface area (Å²) in [7, 11) is 0. The molecule has 0 saturated carbocycles.